The number of hydrogen-bond acceptors (Lipinski definition) is 2. The maximum absolute atomic E-state index is 13.2. The second-order valence-electron chi connectivity index (χ2n) is 5.05. The van der Waals surface area contributed by atoms with Gasteiger partial charge in [0.2, 0.25) is 0 Å². The molecular weight excluding hydrogens is 229 g/mol. The summed E-state index contributed by atoms with van der Waals surface area (Å²) in [6.45, 7) is 2.17. The molecule has 2 aliphatic rings. The van der Waals surface area contributed by atoms with E-state index in [1.54, 1.807) is 6.07 Å². The molecule has 0 aliphatic carbocycles. The molecule has 0 aromatic heterocycles. The number of halogens is 1. The molecular formula is C15H18FNO. The van der Waals surface area contributed by atoms with E-state index < -0.39 is 0 Å². The minimum Gasteiger partial charge on any atom is -0.269 e. The van der Waals surface area contributed by atoms with Crippen molar-refractivity contribution in [2.24, 2.45) is 0 Å². The standard InChI is InChI=1S/C15H18FNO/c1-2-3-4-5-13-10-14-9-11-8-12(16)6-7-15(11)17(13)18-14/h4-8,13-14H,2-3,9-10H2,1H3/b5-4+/t13-,14-/m1/s1. The Morgan fingerprint density at radius 1 is 1.50 bits per heavy atom. The minimum atomic E-state index is -0.158. The number of allylic oxidation sites excluding steroid dienone is 1. The fourth-order valence-electron chi connectivity index (χ4n) is 2.76. The molecule has 2 nitrogen and oxygen atoms in total. The zero-order valence-corrected chi connectivity index (χ0v) is 10.6. The minimum absolute atomic E-state index is 0.158. The van der Waals surface area contributed by atoms with Crippen molar-refractivity contribution in [2.75, 3.05) is 5.06 Å². The highest BCUT2D eigenvalue weighted by molar-refractivity contribution is 5.56. The van der Waals surface area contributed by atoms with Crippen molar-refractivity contribution in [3.63, 3.8) is 0 Å². The fourth-order valence-corrected chi connectivity index (χ4v) is 2.76. The second-order valence-corrected chi connectivity index (χ2v) is 5.05. The van der Waals surface area contributed by atoms with Crippen LogP contribution in [0.1, 0.15) is 31.7 Å². The average Bonchev–Trinajstić information content (AvgIpc) is 2.67. The Morgan fingerprint density at radius 2 is 2.39 bits per heavy atom. The van der Waals surface area contributed by atoms with Crippen molar-refractivity contribution in [1.82, 2.24) is 0 Å². The van der Waals surface area contributed by atoms with Crippen LogP contribution in [0, 0.1) is 5.82 Å². The first-order valence-corrected chi connectivity index (χ1v) is 6.69. The van der Waals surface area contributed by atoms with Gasteiger partial charge in [0.25, 0.3) is 0 Å². The van der Waals surface area contributed by atoms with Gasteiger partial charge in [-0.3, -0.25) is 4.84 Å². The van der Waals surface area contributed by atoms with E-state index in [2.05, 4.69) is 19.1 Å². The first-order chi connectivity index (χ1) is 8.78. The van der Waals surface area contributed by atoms with Crippen LogP contribution in [0.5, 0.6) is 0 Å². The van der Waals surface area contributed by atoms with Crippen LogP contribution in [0.3, 0.4) is 0 Å². The summed E-state index contributed by atoms with van der Waals surface area (Å²) in [7, 11) is 0. The highest BCUT2D eigenvalue weighted by Crippen LogP contribution is 2.38. The molecule has 18 heavy (non-hydrogen) atoms. The van der Waals surface area contributed by atoms with Crippen molar-refractivity contribution in [3.05, 3.63) is 41.7 Å². The van der Waals surface area contributed by atoms with Gasteiger partial charge in [-0.25, -0.2) is 9.45 Å². The smallest absolute Gasteiger partial charge is 0.123 e. The first kappa shape index (κ1) is 11.7. The van der Waals surface area contributed by atoms with E-state index in [0.29, 0.717) is 6.04 Å². The highest BCUT2D eigenvalue weighted by Gasteiger charge is 2.37. The van der Waals surface area contributed by atoms with Crippen molar-refractivity contribution < 1.29 is 9.23 Å². The lowest BCUT2D eigenvalue weighted by Gasteiger charge is -2.29. The maximum atomic E-state index is 13.2. The van der Waals surface area contributed by atoms with Gasteiger partial charge in [-0.05, 0) is 30.2 Å². The van der Waals surface area contributed by atoms with Gasteiger partial charge in [0.1, 0.15) is 5.82 Å². The van der Waals surface area contributed by atoms with Crippen molar-refractivity contribution >= 4 is 5.69 Å². The summed E-state index contributed by atoms with van der Waals surface area (Å²) in [6.07, 6.45) is 8.73. The summed E-state index contributed by atoms with van der Waals surface area (Å²) in [4.78, 5) is 5.87. The van der Waals surface area contributed by atoms with Gasteiger partial charge < -0.3 is 0 Å². The van der Waals surface area contributed by atoms with Crippen LogP contribution in [0.15, 0.2) is 30.4 Å². The molecule has 0 unspecified atom stereocenters. The Labute approximate surface area is 107 Å². The molecule has 2 heterocycles. The zero-order valence-electron chi connectivity index (χ0n) is 10.6. The lowest BCUT2D eigenvalue weighted by atomic mass is 10.0. The molecule has 1 fully saturated rings. The maximum Gasteiger partial charge on any atom is 0.123 e. The van der Waals surface area contributed by atoms with Crippen molar-refractivity contribution in [1.29, 1.82) is 0 Å². The molecule has 0 N–H and O–H groups in total. The molecule has 2 atom stereocenters. The van der Waals surface area contributed by atoms with Crippen LogP contribution in [-0.2, 0) is 11.3 Å². The third-order valence-corrected chi connectivity index (χ3v) is 3.61. The Kier molecular flexibility index (Phi) is 3.08. The van der Waals surface area contributed by atoms with Gasteiger partial charge in [0.05, 0.1) is 17.8 Å². The van der Waals surface area contributed by atoms with Crippen molar-refractivity contribution in [2.45, 2.75) is 44.8 Å². The largest absolute Gasteiger partial charge is 0.269 e. The van der Waals surface area contributed by atoms with E-state index in [9.17, 15) is 4.39 Å². The summed E-state index contributed by atoms with van der Waals surface area (Å²) < 4.78 is 13.2. The number of hydrogen-bond donors (Lipinski definition) is 0. The third kappa shape index (κ3) is 2.03. The van der Waals surface area contributed by atoms with Gasteiger partial charge in [0.15, 0.2) is 0 Å². The van der Waals surface area contributed by atoms with E-state index >= 15 is 0 Å². The summed E-state index contributed by atoms with van der Waals surface area (Å²) in [6, 6.07) is 5.27. The van der Waals surface area contributed by atoms with Crippen LogP contribution in [0.2, 0.25) is 0 Å². The predicted octanol–water partition coefficient (Wildman–Crippen LogP) is 3.62. The molecule has 1 aromatic carbocycles. The van der Waals surface area contributed by atoms with Crippen molar-refractivity contribution in [3.8, 4) is 0 Å². The molecule has 0 spiro atoms. The number of anilines is 1. The van der Waals surface area contributed by atoms with Crippen LogP contribution in [-0.4, -0.2) is 12.1 Å². The topological polar surface area (TPSA) is 12.5 Å². The number of benzene rings is 1. The highest BCUT2D eigenvalue weighted by atomic mass is 19.1. The molecule has 96 valence electrons. The quantitative estimate of drug-likeness (QED) is 0.756. The summed E-state index contributed by atoms with van der Waals surface area (Å²) in [5.41, 5.74) is 2.09. The normalized spacial score (nSPS) is 25.8. The predicted molar refractivity (Wildman–Crippen MR) is 69.9 cm³/mol. The average molecular weight is 247 g/mol. The van der Waals surface area contributed by atoms with Crippen LogP contribution < -0.4 is 5.06 Å². The number of nitrogens with zero attached hydrogens (tertiary/aromatic N) is 1. The van der Waals surface area contributed by atoms with Crippen LogP contribution in [0.4, 0.5) is 10.1 Å². The zero-order chi connectivity index (χ0) is 12.5. The van der Waals surface area contributed by atoms with Crippen LogP contribution >= 0.6 is 0 Å². The summed E-state index contributed by atoms with van der Waals surface area (Å²) >= 11 is 0. The van der Waals surface area contributed by atoms with Crippen LogP contribution in [0.25, 0.3) is 0 Å². The molecule has 1 saturated heterocycles. The Morgan fingerprint density at radius 3 is 3.22 bits per heavy atom. The molecule has 2 bridgehead atoms. The number of hydroxylamine groups is 1. The molecule has 2 aliphatic heterocycles. The van der Waals surface area contributed by atoms with E-state index in [1.165, 1.54) is 6.07 Å². The Bertz CT molecular complexity index is 472. The fraction of sp³-hybridized carbons (Fsp3) is 0.467. The second kappa shape index (κ2) is 4.73. The number of fused-ring (bicyclic) bond motifs is 4. The van der Waals surface area contributed by atoms with Gasteiger partial charge in [0, 0.05) is 12.8 Å². The SMILES string of the molecule is CCC/C=C/[C@@H]1C[C@H]2Cc3cc(F)ccc3N1O2. The Balaban J connectivity index is 1.86. The van der Waals surface area contributed by atoms with E-state index in [0.717, 1.165) is 36.9 Å². The number of unbranched alkanes of at least 4 members (excludes halogenated alkanes) is 1. The molecule has 0 saturated carbocycles. The molecule has 1 aromatic rings. The Hall–Kier alpha value is -1.35. The van der Waals surface area contributed by atoms with E-state index in [1.807, 2.05) is 11.1 Å². The van der Waals surface area contributed by atoms with Gasteiger partial charge >= 0.3 is 0 Å². The van der Waals surface area contributed by atoms with E-state index in [4.69, 9.17) is 4.84 Å². The summed E-state index contributed by atoms with van der Waals surface area (Å²) in [5.74, 6) is -0.158. The lowest BCUT2D eigenvalue weighted by Crippen LogP contribution is -2.30. The van der Waals surface area contributed by atoms with Gasteiger partial charge in [-0.1, -0.05) is 25.5 Å². The monoisotopic (exact) mass is 247 g/mol. The number of rotatable bonds is 3. The van der Waals surface area contributed by atoms with Gasteiger partial charge in [-0.2, -0.15) is 0 Å². The first-order valence-electron chi connectivity index (χ1n) is 6.69. The third-order valence-electron chi connectivity index (χ3n) is 3.61. The molecule has 3 heteroatoms. The lowest BCUT2D eigenvalue weighted by molar-refractivity contribution is 0.0751. The summed E-state index contributed by atoms with van der Waals surface area (Å²) in [5, 5.41) is 1.95. The van der Waals surface area contributed by atoms with Gasteiger partial charge in [-0.15, -0.1) is 0 Å². The molecule has 0 amide bonds. The molecule has 0 radical (unpaired) electrons. The molecule has 3 rings (SSSR count). The van der Waals surface area contributed by atoms with E-state index in [-0.39, 0.29) is 11.9 Å².